The van der Waals surface area contributed by atoms with Gasteiger partial charge in [0.1, 0.15) is 0 Å². The fourth-order valence-corrected chi connectivity index (χ4v) is 4.98. The van der Waals surface area contributed by atoms with E-state index in [9.17, 15) is 20.1 Å². The van der Waals surface area contributed by atoms with Gasteiger partial charge in [-0.05, 0) is 56.4 Å². The van der Waals surface area contributed by atoms with Gasteiger partial charge in [-0.1, -0.05) is 37.8 Å². The average molecular weight is 408 g/mol. The molecule has 0 unspecified atom stereocenters. The Kier molecular flexibility index (Phi) is 9.70. The Hall–Kier alpha value is -1.33. The molecule has 0 aromatic heterocycles. The standard InChI is InChI=1S/C24H41NO4/c1-4-5-6-7-11-19(26)16-22(28)24-20-14-17(13-18(20)15-21(24)27)10-8-9-12-23(29)25(2)3/h13,16,18,20-22,24,26-28H,4-12,14-15H2,1-3H3/t18-,20-,21+,22+,24+/m0/s1. The summed E-state index contributed by atoms with van der Waals surface area (Å²) in [5.74, 6) is 0.795. The van der Waals surface area contributed by atoms with Crippen LogP contribution >= 0.6 is 0 Å². The van der Waals surface area contributed by atoms with E-state index in [2.05, 4.69) is 13.0 Å². The summed E-state index contributed by atoms with van der Waals surface area (Å²) in [5, 5.41) is 31.3. The van der Waals surface area contributed by atoms with Crippen LogP contribution in [0.2, 0.25) is 0 Å². The van der Waals surface area contributed by atoms with E-state index in [-0.39, 0.29) is 23.5 Å². The van der Waals surface area contributed by atoms with Gasteiger partial charge in [0.05, 0.1) is 18.0 Å². The molecule has 0 radical (unpaired) electrons. The van der Waals surface area contributed by atoms with E-state index in [1.54, 1.807) is 25.1 Å². The first-order valence-electron chi connectivity index (χ1n) is 11.5. The second-order valence-corrected chi connectivity index (χ2v) is 9.19. The van der Waals surface area contributed by atoms with Crippen LogP contribution in [0, 0.1) is 17.8 Å². The van der Waals surface area contributed by atoms with Gasteiger partial charge in [0.25, 0.3) is 0 Å². The molecule has 1 amide bonds. The van der Waals surface area contributed by atoms with Gasteiger partial charge < -0.3 is 20.2 Å². The first kappa shape index (κ1) is 23.9. The minimum absolute atomic E-state index is 0.176. The second kappa shape index (κ2) is 11.8. The third-order valence-corrected chi connectivity index (χ3v) is 6.63. The largest absolute Gasteiger partial charge is 0.513 e. The molecule has 0 saturated heterocycles. The minimum atomic E-state index is -0.795. The Labute approximate surface area is 176 Å². The summed E-state index contributed by atoms with van der Waals surface area (Å²) >= 11 is 0. The highest BCUT2D eigenvalue weighted by atomic mass is 16.3. The number of fused-ring (bicyclic) bond motifs is 1. The number of carbonyl (C=O) groups excluding carboxylic acids is 1. The summed E-state index contributed by atoms with van der Waals surface area (Å²) in [6.45, 7) is 2.16. The van der Waals surface area contributed by atoms with Crippen molar-refractivity contribution in [3.8, 4) is 0 Å². The summed E-state index contributed by atoms with van der Waals surface area (Å²) < 4.78 is 0. The molecule has 5 atom stereocenters. The van der Waals surface area contributed by atoms with E-state index in [0.717, 1.165) is 44.9 Å². The quantitative estimate of drug-likeness (QED) is 0.255. The lowest BCUT2D eigenvalue weighted by molar-refractivity contribution is -0.128. The van der Waals surface area contributed by atoms with Gasteiger partial charge in [0.15, 0.2) is 0 Å². The van der Waals surface area contributed by atoms with Crippen molar-refractivity contribution in [2.45, 2.75) is 89.8 Å². The van der Waals surface area contributed by atoms with Crippen LogP contribution in [0.4, 0.5) is 0 Å². The molecule has 2 aliphatic carbocycles. The molecule has 2 rings (SSSR count). The van der Waals surface area contributed by atoms with Crippen LogP contribution in [-0.2, 0) is 4.79 Å². The zero-order valence-corrected chi connectivity index (χ0v) is 18.5. The van der Waals surface area contributed by atoms with Crippen molar-refractivity contribution in [3.05, 3.63) is 23.5 Å². The number of hydrogen-bond acceptors (Lipinski definition) is 4. The maximum atomic E-state index is 11.7. The van der Waals surface area contributed by atoms with E-state index in [1.807, 2.05) is 0 Å². The number of aliphatic hydroxyl groups is 3. The molecule has 29 heavy (non-hydrogen) atoms. The molecule has 0 aromatic carbocycles. The Bertz CT molecular complexity index is 583. The molecule has 0 bridgehead atoms. The number of amides is 1. The van der Waals surface area contributed by atoms with E-state index >= 15 is 0 Å². The lowest BCUT2D eigenvalue weighted by Gasteiger charge is -2.25. The number of nitrogens with zero attached hydrogens (tertiary/aromatic N) is 1. The summed E-state index contributed by atoms with van der Waals surface area (Å²) in [6.07, 6.45) is 12.6. The normalized spacial score (nSPS) is 27.6. The van der Waals surface area contributed by atoms with Crippen molar-refractivity contribution in [1.29, 1.82) is 0 Å². The zero-order chi connectivity index (χ0) is 21.4. The SMILES string of the molecule is CCCCCCC(O)=C[C@@H](O)[C@@H]1[C@H]2CC(CCCCC(=O)N(C)C)=C[C@H]2C[C@H]1O. The van der Waals surface area contributed by atoms with Crippen molar-refractivity contribution in [2.75, 3.05) is 14.1 Å². The van der Waals surface area contributed by atoms with Crippen molar-refractivity contribution in [1.82, 2.24) is 4.90 Å². The molecule has 0 spiro atoms. The Morgan fingerprint density at radius 2 is 1.93 bits per heavy atom. The number of allylic oxidation sites excluding steroid dienone is 3. The molecular formula is C24H41NO4. The predicted octanol–water partition coefficient (Wildman–Crippen LogP) is 4.35. The third-order valence-electron chi connectivity index (χ3n) is 6.63. The monoisotopic (exact) mass is 407 g/mol. The van der Waals surface area contributed by atoms with Gasteiger partial charge in [-0.25, -0.2) is 0 Å². The summed E-state index contributed by atoms with van der Waals surface area (Å²) in [6, 6.07) is 0. The van der Waals surface area contributed by atoms with Gasteiger partial charge in [0, 0.05) is 32.9 Å². The molecule has 0 heterocycles. The van der Waals surface area contributed by atoms with Crippen LogP contribution in [0.25, 0.3) is 0 Å². The lowest BCUT2D eigenvalue weighted by Crippen LogP contribution is -2.31. The van der Waals surface area contributed by atoms with Crippen molar-refractivity contribution in [2.24, 2.45) is 17.8 Å². The third kappa shape index (κ3) is 7.14. The first-order valence-corrected chi connectivity index (χ1v) is 11.5. The summed E-state index contributed by atoms with van der Waals surface area (Å²) in [4.78, 5) is 13.3. The van der Waals surface area contributed by atoms with Gasteiger partial charge in [-0.2, -0.15) is 0 Å². The molecule has 1 fully saturated rings. The Balaban J connectivity index is 1.80. The number of unbranched alkanes of at least 4 members (excludes halogenated alkanes) is 4. The average Bonchev–Trinajstić information content (AvgIpc) is 3.17. The van der Waals surface area contributed by atoms with Gasteiger partial charge in [-0.3, -0.25) is 4.79 Å². The molecule has 166 valence electrons. The molecule has 2 aliphatic rings. The minimum Gasteiger partial charge on any atom is -0.513 e. The van der Waals surface area contributed by atoms with Gasteiger partial charge in [0.2, 0.25) is 5.91 Å². The topological polar surface area (TPSA) is 81.0 Å². The lowest BCUT2D eigenvalue weighted by atomic mass is 9.84. The fourth-order valence-electron chi connectivity index (χ4n) is 4.98. The summed E-state index contributed by atoms with van der Waals surface area (Å²) in [5.41, 5.74) is 1.40. The van der Waals surface area contributed by atoms with Crippen LogP contribution in [0.1, 0.15) is 77.6 Å². The van der Waals surface area contributed by atoms with Crippen molar-refractivity contribution < 1.29 is 20.1 Å². The van der Waals surface area contributed by atoms with E-state index in [4.69, 9.17) is 0 Å². The molecule has 3 N–H and O–H groups in total. The number of aliphatic hydroxyl groups excluding tert-OH is 3. The zero-order valence-electron chi connectivity index (χ0n) is 18.5. The molecule has 5 heteroatoms. The molecule has 0 aromatic rings. The second-order valence-electron chi connectivity index (χ2n) is 9.19. The first-order chi connectivity index (χ1) is 13.8. The number of rotatable bonds is 12. The molecule has 5 nitrogen and oxygen atoms in total. The van der Waals surface area contributed by atoms with Crippen LogP contribution < -0.4 is 0 Å². The van der Waals surface area contributed by atoms with Crippen molar-refractivity contribution in [3.63, 3.8) is 0 Å². The molecule has 0 aliphatic heterocycles. The highest BCUT2D eigenvalue weighted by molar-refractivity contribution is 5.75. The molecular weight excluding hydrogens is 366 g/mol. The number of carbonyl (C=O) groups is 1. The maximum absolute atomic E-state index is 11.7. The smallest absolute Gasteiger partial charge is 0.222 e. The van der Waals surface area contributed by atoms with Crippen molar-refractivity contribution >= 4 is 5.91 Å². The van der Waals surface area contributed by atoms with Gasteiger partial charge >= 0.3 is 0 Å². The Morgan fingerprint density at radius 1 is 1.21 bits per heavy atom. The summed E-state index contributed by atoms with van der Waals surface area (Å²) in [7, 11) is 3.58. The maximum Gasteiger partial charge on any atom is 0.222 e. The van der Waals surface area contributed by atoms with E-state index in [0.29, 0.717) is 25.2 Å². The van der Waals surface area contributed by atoms with Crippen LogP contribution in [0.5, 0.6) is 0 Å². The number of hydrogen-bond donors (Lipinski definition) is 3. The van der Waals surface area contributed by atoms with Crippen LogP contribution in [0.3, 0.4) is 0 Å². The van der Waals surface area contributed by atoms with E-state index < -0.39 is 12.2 Å². The van der Waals surface area contributed by atoms with Crippen LogP contribution in [-0.4, -0.2) is 52.4 Å². The highest BCUT2D eigenvalue weighted by Crippen LogP contribution is 2.49. The predicted molar refractivity (Wildman–Crippen MR) is 116 cm³/mol. The van der Waals surface area contributed by atoms with Gasteiger partial charge in [-0.15, -0.1) is 0 Å². The van der Waals surface area contributed by atoms with E-state index in [1.165, 1.54) is 12.0 Å². The molecule has 1 saturated carbocycles. The highest BCUT2D eigenvalue weighted by Gasteiger charge is 2.47. The Morgan fingerprint density at radius 3 is 2.62 bits per heavy atom. The van der Waals surface area contributed by atoms with Crippen LogP contribution in [0.15, 0.2) is 23.5 Å². The fraction of sp³-hybridized carbons (Fsp3) is 0.792.